The number of hydrogen-bond donors (Lipinski definition) is 3. The van der Waals surface area contributed by atoms with E-state index >= 15 is 0 Å². The fourth-order valence-electron chi connectivity index (χ4n) is 2.50. The molecule has 1 aliphatic rings. The summed E-state index contributed by atoms with van der Waals surface area (Å²) in [6, 6.07) is 8.43. The summed E-state index contributed by atoms with van der Waals surface area (Å²) in [7, 11) is 1.69. The maximum atomic E-state index is 12.6. The van der Waals surface area contributed by atoms with Crippen LogP contribution in [-0.4, -0.2) is 18.6 Å². The highest BCUT2D eigenvalue weighted by Crippen LogP contribution is 2.38. The van der Waals surface area contributed by atoms with E-state index in [0.717, 1.165) is 0 Å². The van der Waals surface area contributed by atoms with Crippen molar-refractivity contribution < 1.29 is 9.59 Å². The van der Waals surface area contributed by atoms with Crippen molar-refractivity contribution in [2.75, 3.05) is 18.1 Å². The highest BCUT2D eigenvalue weighted by molar-refractivity contribution is 7.80. The van der Waals surface area contributed by atoms with Crippen molar-refractivity contribution in [3.63, 3.8) is 0 Å². The molecule has 0 atom stereocenters. The monoisotopic (exact) mass is 284 g/mol. The quantitative estimate of drug-likeness (QED) is 0.474. The van der Waals surface area contributed by atoms with Crippen molar-refractivity contribution in [2.45, 2.75) is 4.90 Å². The largest absolute Gasteiger partial charge is 0.397 e. The van der Waals surface area contributed by atoms with Crippen LogP contribution in [0.1, 0.15) is 31.8 Å². The van der Waals surface area contributed by atoms with Crippen LogP contribution in [-0.2, 0) is 0 Å². The standard InChI is InChI=1S/C15H12N2O2S/c1-17-9-6-10(20)13(16)12-11(9)14(18)7-4-2-3-5-8(7)15(12)19/h2-6,17,20H,16H2,1H3. The summed E-state index contributed by atoms with van der Waals surface area (Å²) < 4.78 is 0. The Labute approximate surface area is 121 Å². The number of nitrogen functional groups attached to an aromatic ring is 1. The van der Waals surface area contributed by atoms with Crippen molar-refractivity contribution in [1.82, 2.24) is 0 Å². The number of carbonyl (C=O) groups is 2. The Balaban J connectivity index is 2.41. The van der Waals surface area contributed by atoms with Crippen molar-refractivity contribution in [1.29, 1.82) is 0 Å². The first-order valence-electron chi connectivity index (χ1n) is 6.08. The number of ketones is 2. The first-order chi connectivity index (χ1) is 9.56. The molecule has 0 unspecified atom stereocenters. The minimum atomic E-state index is -0.236. The van der Waals surface area contributed by atoms with Gasteiger partial charge in [0.25, 0.3) is 0 Å². The Morgan fingerprint density at radius 1 is 1.05 bits per heavy atom. The van der Waals surface area contributed by atoms with E-state index in [9.17, 15) is 9.59 Å². The van der Waals surface area contributed by atoms with Crippen LogP contribution >= 0.6 is 12.6 Å². The third-order valence-corrected chi connectivity index (χ3v) is 3.86. The molecule has 100 valence electrons. The molecule has 0 fully saturated rings. The van der Waals surface area contributed by atoms with Crippen LogP contribution in [0.25, 0.3) is 0 Å². The first-order valence-corrected chi connectivity index (χ1v) is 6.52. The van der Waals surface area contributed by atoms with E-state index in [1.54, 1.807) is 37.4 Å². The van der Waals surface area contributed by atoms with Gasteiger partial charge in [-0.05, 0) is 6.07 Å². The molecule has 0 saturated carbocycles. The molecule has 4 nitrogen and oxygen atoms in total. The van der Waals surface area contributed by atoms with E-state index < -0.39 is 0 Å². The van der Waals surface area contributed by atoms with Gasteiger partial charge in [-0.25, -0.2) is 0 Å². The Bertz CT molecular complexity index is 769. The van der Waals surface area contributed by atoms with E-state index in [1.807, 2.05) is 0 Å². The average Bonchev–Trinajstić information content (AvgIpc) is 2.47. The maximum absolute atomic E-state index is 12.6. The van der Waals surface area contributed by atoms with E-state index in [4.69, 9.17) is 5.73 Å². The van der Waals surface area contributed by atoms with Crippen LogP contribution < -0.4 is 11.1 Å². The summed E-state index contributed by atoms with van der Waals surface area (Å²) in [5.74, 6) is -0.431. The van der Waals surface area contributed by atoms with E-state index in [2.05, 4.69) is 17.9 Å². The Morgan fingerprint density at radius 3 is 2.15 bits per heavy atom. The molecule has 0 saturated heterocycles. The predicted octanol–water partition coefficient (Wildman–Crippen LogP) is 2.37. The molecule has 3 rings (SSSR count). The molecule has 1 aliphatic carbocycles. The number of carbonyl (C=O) groups excluding carboxylic acids is 2. The molecular weight excluding hydrogens is 272 g/mol. The lowest BCUT2D eigenvalue weighted by Gasteiger charge is -2.22. The van der Waals surface area contributed by atoms with Crippen LogP contribution in [0, 0.1) is 0 Å². The number of fused-ring (bicyclic) bond motifs is 2. The minimum Gasteiger partial charge on any atom is -0.397 e. The number of rotatable bonds is 1. The van der Waals surface area contributed by atoms with Crippen LogP contribution in [0.4, 0.5) is 11.4 Å². The highest BCUT2D eigenvalue weighted by Gasteiger charge is 2.33. The predicted molar refractivity (Wildman–Crippen MR) is 81.0 cm³/mol. The number of hydrogen-bond acceptors (Lipinski definition) is 5. The maximum Gasteiger partial charge on any atom is 0.196 e. The highest BCUT2D eigenvalue weighted by atomic mass is 32.1. The summed E-state index contributed by atoms with van der Waals surface area (Å²) >= 11 is 4.27. The zero-order chi connectivity index (χ0) is 14.4. The van der Waals surface area contributed by atoms with Crippen molar-refractivity contribution in [2.24, 2.45) is 0 Å². The number of nitrogens with one attached hydrogen (secondary N) is 1. The zero-order valence-corrected chi connectivity index (χ0v) is 11.6. The molecule has 0 aliphatic heterocycles. The molecule has 0 spiro atoms. The third kappa shape index (κ3) is 1.56. The summed E-state index contributed by atoms with van der Waals surface area (Å²) in [5, 5.41) is 2.93. The fraction of sp³-hybridized carbons (Fsp3) is 0.0667. The summed E-state index contributed by atoms with van der Waals surface area (Å²) in [4.78, 5) is 25.7. The molecule has 0 amide bonds. The van der Waals surface area contributed by atoms with E-state index in [0.29, 0.717) is 27.3 Å². The summed E-state index contributed by atoms with van der Waals surface area (Å²) in [6.07, 6.45) is 0. The zero-order valence-electron chi connectivity index (χ0n) is 10.7. The van der Waals surface area contributed by atoms with Gasteiger partial charge in [-0.15, -0.1) is 12.6 Å². The van der Waals surface area contributed by atoms with Gasteiger partial charge < -0.3 is 11.1 Å². The molecule has 2 aromatic rings. The van der Waals surface area contributed by atoms with E-state index in [1.165, 1.54) is 0 Å². The number of benzene rings is 2. The first kappa shape index (κ1) is 12.7. The number of anilines is 2. The summed E-state index contributed by atoms with van der Waals surface area (Å²) in [5.41, 5.74) is 8.13. The van der Waals surface area contributed by atoms with Crippen LogP contribution in [0.15, 0.2) is 35.2 Å². The molecule has 20 heavy (non-hydrogen) atoms. The summed E-state index contributed by atoms with van der Waals surface area (Å²) in [6.45, 7) is 0. The fourth-order valence-corrected chi connectivity index (χ4v) is 2.74. The normalized spacial score (nSPS) is 12.9. The second-order valence-electron chi connectivity index (χ2n) is 4.56. The topological polar surface area (TPSA) is 72.2 Å². The molecule has 2 aromatic carbocycles. The van der Waals surface area contributed by atoms with E-state index in [-0.39, 0.29) is 22.8 Å². The van der Waals surface area contributed by atoms with Crippen LogP contribution in [0.5, 0.6) is 0 Å². The lowest BCUT2D eigenvalue weighted by atomic mass is 9.82. The molecule has 3 N–H and O–H groups in total. The third-order valence-electron chi connectivity index (χ3n) is 3.49. The Hall–Kier alpha value is -2.27. The number of thiol groups is 1. The van der Waals surface area contributed by atoms with Gasteiger partial charge in [0, 0.05) is 28.8 Å². The minimum absolute atomic E-state index is 0.195. The Kier molecular flexibility index (Phi) is 2.79. The van der Waals surface area contributed by atoms with Gasteiger partial charge in [-0.3, -0.25) is 9.59 Å². The van der Waals surface area contributed by atoms with Gasteiger partial charge in [0.1, 0.15) is 0 Å². The van der Waals surface area contributed by atoms with Crippen molar-refractivity contribution in [3.8, 4) is 0 Å². The smallest absolute Gasteiger partial charge is 0.196 e. The van der Waals surface area contributed by atoms with Crippen LogP contribution in [0.3, 0.4) is 0 Å². The van der Waals surface area contributed by atoms with Gasteiger partial charge in [-0.2, -0.15) is 0 Å². The second kappa shape index (κ2) is 4.38. The average molecular weight is 284 g/mol. The van der Waals surface area contributed by atoms with Gasteiger partial charge in [-0.1, -0.05) is 24.3 Å². The van der Waals surface area contributed by atoms with Gasteiger partial charge in [0.05, 0.1) is 16.8 Å². The lowest BCUT2D eigenvalue weighted by molar-refractivity contribution is 0.0980. The molecule has 0 bridgehead atoms. The van der Waals surface area contributed by atoms with Gasteiger partial charge in [0.2, 0.25) is 0 Å². The van der Waals surface area contributed by atoms with Gasteiger partial charge >= 0.3 is 0 Å². The lowest BCUT2D eigenvalue weighted by Crippen LogP contribution is -2.24. The molecule has 0 aromatic heterocycles. The molecule has 0 heterocycles. The SMILES string of the molecule is CNc1cc(S)c(N)c2c1C(=O)c1ccccc1C2=O. The molecule has 0 radical (unpaired) electrons. The molecule has 5 heteroatoms. The van der Waals surface area contributed by atoms with Crippen molar-refractivity contribution in [3.05, 3.63) is 52.6 Å². The number of nitrogens with two attached hydrogens (primary N) is 1. The van der Waals surface area contributed by atoms with Gasteiger partial charge in [0.15, 0.2) is 11.6 Å². The Morgan fingerprint density at radius 2 is 1.60 bits per heavy atom. The van der Waals surface area contributed by atoms with Crippen molar-refractivity contribution >= 4 is 35.6 Å². The van der Waals surface area contributed by atoms with Crippen LogP contribution in [0.2, 0.25) is 0 Å². The molecular formula is C15H12N2O2S. The second-order valence-corrected chi connectivity index (χ2v) is 5.04.